The molecule has 0 saturated heterocycles. The van der Waals surface area contributed by atoms with Crippen molar-refractivity contribution in [3.63, 3.8) is 0 Å². The number of aliphatic carboxylic acids is 1. The quantitative estimate of drug-likeness (QED) is 0.851. The molecule has 0 spiro atoms. The topological polar surface area (TPSA) is 66.8 Å². The zero-order valence-electron chi connectivity index (χ0n) is 11.4. The Morgan fingerprint density at radius 2 is 1.84 bits per heavy atom. The summed E-state index contributed by atoms with van der Waals surface area (Å²) in [6, 6.07) is 8.94. The number of benzene rings is 1. The molecule has 5 heteroatoms. The number of para-hydroxylation sites is 1. The Hall–Kier alpha value is -2.04. The molecule has 0 aromatic heterocycles. The molecule has 0 heterocycles. The number of amides is 1. The van der Waals surface area contributed by atoms with Gasteiger partial charge in [-0.15, -0.1) is 0 Å². The van der Waals surface area contributed by atoms with E-state index in [1.54, 1.807) is 31.2 Å². The monoisotopic (exact) mass is 265 g/mol. The molecule has 104 valence electrons. The first-order chi connectivity index (χ1) is 8.89. The van der Waals surface area contributed by atoms with E-state index in [0.717, 1.165) is 0 Å². The van der Waals surface area contributed by atoms with Gasteiger partial charge in [-0.1, -0.05) is 18.2 Å². The lowest BCUT2D eigenvalue weighted by Gasteiger charge is -2.34. The van der Waals surface area contributed by atoms with Crippen LogP contribution < -0.4 is 4.74 Å². The summed E-state index contributed by atoms with van der Waals surface area (Å²) in [5.74, 6) is -0.804. The zero-order chi connectivity index (χ0) is 14.5. The van der Waals surface area contributed by atoms with E-state index in [1.807, 2.05) is 6.07 Å². The second-order valence-corrected chi connectivity index (χ2v) is 4.60. The van der Waals surface area contributed by atoms with Gasteiger partial charge in [-0.05, 0) is 32.9 Å². The fourth-order valence-electron chi connectivity index (χ4n) is 1.74. The highest BCUT2D eigenvalue weighted by molar-refractivity contribution is 5.87. The van der Waals surface area contributed by atoms with Crippen LogP contribution in [0, 0.1) is 0 Å². The number of ether oxygens (including phenoxy) is 1. The van der Waals surface area contributed by atoms with E-state index >= 15 is 0 Å². The Kier molecular flexibility index (Phi) is 4.92. The molecule has 19 heavy (non-hydrogen) atoms. The average molecular weight is 265 g/mol. The number of likely N-dealkylation sites (N-methyl/N-ethyl adjacent to an activating group) is 1. The highest BCUT2D eigenvalue weighted by Gasteiger charge is 2.36. The summed E-state index contributed by atoms with van der Waals surface area (Å²) in [6.07, 6.45) is 0. The van der Waals surface area contributed by atoms with Gasteiger partial charge < -0.3 is 14.7 Å². The van der Waals surface area contributed by atoms with Crippen molar-refractivity contribution in [2.45, 2.75) is 26.3 Å². The molecule has 0 unspecified atom stereocenters. The first-order valence-corrected chi connectivity index (χ1v) is 6.11. The molecule has 1 amide bonds. The molecule has 0 atom stereocenters. The van der Waals surface area contributed by atoms with Crippen LogP contribution in [-0.4, -0.2) is 40.6 Å². The van der Waals surface area contributed by atoms with E-state index in [4.69, 9.17) is 9.84 Å². The molecule has 0 aliphatic rings. The summed E-state index contributed by atoms with van der Waals surface area (Å²) in [5.41, 5.74) is -1.24. The highest BCUT2D eigenvalue weighted by Crippen LogP contribution is 2.15. The Morgan fingerprint density at radius 1 is 1.26 bits per heavy atom. The van der Waals surface area contributed by atoms with Crippen LogP contribution in [0.5, 0.6) is 5.75 Å². The van der Waals surface area contributed by atoms with Crippen LogP contribution in [-0.2, 0) is 9.59 Å². The van der Waals surface area contributed by atoms with Crippen molar-refractivity contribution in [2.75, 3.05) is 13.2 Å². The molecule has 1 rings (SSSR count). The molecule has 0 aliphatic carbocycles. The Morgan fingerprint density at radius 3 is 2.32 bits per heavy atom. The maximum absolute atomic E-state index is 12.0. The van der Waals surface area contributed by atoms with E-state index in [1.165, 1.54) is 18.7 Å². The molecule has 1 N–H and O–H groups in total. The SMILES string of the molecule is CCN(C(=O)COc1ccccc1)C(C)(C)C(=O)O. The molecule has 0 saturated carbocycles. The summed E-state index contributed by atoms with van der Waals surface area (Å²) in [7, 11) is 0. The lowest BCUT2D eigenvalue weighted by Crippen LogP contribution is -2.54. The molecule has 1 aromatic carbocycles. The van der Waals surface area contributed by atoms with E-state index in [-0.39, 0.29) is 12.5 Å². The molecular formula is C14H19NO4. The minimum Gasteiger partial charge on any atom is -0.484 e. The molecule has 5 nitrogen and oxygen atoms in total. The highest BCUT2D eigenvalue weighted by atomic mass is 16.5. The number of hydrogen-bond acceptors (Lipinski definition) is 3. The van der Waals surface area contributed by atoms with Crippen LogP contribution in [0.15, 0.2) is 30.3 Å². The van der Waals surface area contributed by atoms with Crippen LogP contribution in [0.1, 0.15) is 20.8 Å². The number of rotatable bonds is 6. The minimum atomic E-state index is -1.24. The van der Waals surface area contributed by atoms with E-state index in [2.05, 4.69) is 0 Å². The van der Waals surface area contributed by atoms with Crippen molar-refractivity contribution in [3.8, 4) is 5.75 Å². The van der Waals surface area contributed by atoms with Crippen LogP contribution in [0.2, 0.25) is 0 Å². The maximum atomic E-state index is 12.0. The van der Waals surface area contributed by atoms with Gasteiger partial charge in [-0.3, -0.25) is 4.79 Å². The van der Waals surface area contributed by atoms with Gasteiger partial charge in [0.1, 0.15) is 11.3 Å². The number of carboxylic acid groups (broad SMARTS) is 1. The second-order valence-electron chi connectivity index (χ2n) is 4.60. The third-order valence-electron chi connectivity index (χ3n) is 2.92. The third-order valence-corrected chi connectivity index (χ3v) is 2.92. The number of nitrogens with zero attached hydrogens (tertiary/aromatic N) is 1. The summed E-state index contributed by atoms with van der Waals surface area (Å²) in [6.45, 7) is 4.88. The molecule has 0 aliphatic heterocycles. The fraction of sp³-hybridized carbons (Fsp3) is 0.429. The van der Waals surface area contributed by atoms with Crippen LogP contribution in [0.25, 0.3) is 0 Å². The minimum absolute atomic E-state index is 0.172. The van der Waals surface area contributed by atoms with E-state index < -0.39 is 11.5 Å². The molecule has 0 radical (unpaired) electrons. The van der Waals surface area contributed by atoms with E-state index in [9.17, 15) is 9.59 Å². The first-order valence-electron chi connectivity index (χ1n) is 6.11. The van der Waals surface area contributed by atoms with Crippen molar-refractivity contribution in [1.82, 2.24) is 4.90 Å². The van der Waals surface area contributed by atoms with Gasteiger partial charge in [-0.2, -0.15) is 0 Å². The van der Waals surface area contributed by atoms with Crippen molar-refractivity contribution in [3.05, 3.63) is 30.3 Å². The summed E-state index contributed by atoms with van der Waals surface area (Å²) >= 11 is 0. The van der Waals surface area contributed by atoms with Crippen molar-refractivity contribution < 1.29 is 19.4 Å². The van der Waals surface area contributed by atoms with Gasteiger partial charge in [0.25, 0.3) is 5.91 Å². The van der Waals surface area contributed by atoms with Gasteiger partial charge in [0.05, 0.1) is 0 Å². The number of carboxylic acids is 1. The van der Waals surface area contributed by atoms with Crippen molar-refractivity contribution >= 4 is 11.9 Å². The van der Waals surface area contributed by atoms with Crippen LogP contribution in [0.3, 0.4) is 0 Å². The van der Waals surface area contributed by atoms with Crippen LogP contribution >= 0.6 is 0 Å². The predicted octanol–water partition coefficient (Wildman–Crippen LogP) is 1.78. The number of carbonyl (C=O) groups is 2. The average Bonchev–Trinajstić information content (AvgIpc) is 2.38. The largest absolute Gasteiger partial charge is 0.484 e. The third kappa shape index (κ3) is 3.71. The zero-order valence-corrected chi connectivity index (χ0v) is 11.4. The number of carbonyl (C=O) groups excluding carboxylic acids is 1. The van der Waals surface area contributed by atoms with E-state index in [0.29, 0.717) is 12.3 Å². The van der Waals surface area contributed by atoms with Gasteiger partial charge >= 0.3 is 5.97 Å². The Balaban J connectivity index is 2.68. The number of hydrogen-bond donors (Lipinski definition) is 1. The Labute approximate surface area is 112 Å². The van der Waals surface area contributed by atoms with Gasteiger partial charge in [-0.25, -0.2) is 4.79 Å². The summed E-state index contributed by atoms with van der Waals surface area (Å²) < 4.78 is 5.34. The molecule has 1 aromatic rings. The van der Waals surface area contributed by atoms with Crippen molar-refractivity contribution in [1.29, 1.82) is 0 Å². The second kappa shape index (κ2) is 6.22. The standard InChI is InChI=1S/C14H19NO4/c1-4-15(14(2,3)13(17)18)12(16)10-19-11-8-6-5-7-9-11/h5-9H,4,10H2,1-3H3,(H,17,18). The molecular weight excluding hydrogens is 246 g/mol. The maximum Gasteiger partial charge on any atom is 0.329 e. The predicted molar refractivity (Wildman–Crippen MR) is 71.0 cm³/mol. The van der Waals surface area contributed by atoms with Gasteiger partial charge in [0.2, 0.25) is 0 Å². The molecule has 0 bridgehead atoms. The lowest BCUT2D eigenvalue weighted by molar-refractivity contribution is -0.157. The van der Waals surface area contributed by atoms with Crippen molar-refractivity contribution in [2.24, 2.45) is 0 Å². The Bertz CT molecular complexity index is 442. The van der Waals surface area contributed by atoms with Gasteiger partial charge in [0.15, 0.2) is 6.61 Å². The normalized spacial score (nSPS) is 10.9. The van der Waals surface area contributed by atoms with Gasteiger partial charge in [0, 0.05) is 6.54 Å². The fourth-order valence-corrected chi connectivity index (χ4v) is 1.74. The molecule has 0 fully saturated rings. The summed E-state index contributed by atoms with van der Waals surface area (Å²) in [4.78, 5) is 24.5. The summed E-state index contributed by atoms with van der Waals surface area (Å²) in [5, 5.41) is 9.14. The first kappa shape index (κ1) is 15.0. The smallest absolute Gasteiger partial charge is 0.329 e. The van der Waals surface area contributed by atoms with Crippen LogP contribution in [0.4, 0.5) is 0 Å². The lowest BCUT2D eigenvalue weighted by atomic mass is 10.0.